The van der Waals surface area contributed by atoms with Gasteiger partial charge >= 0.3 is 17.9 Å². The first-order valence-electron chi connectivity index (χ1n) is 11.8. The number of amides is 2. The van der Waals surface area contributed by atoms with Crippen molar-refractivity contribution in [3.8, 4) is 11.5 Å². The number of rotatable bonds is 10. The third-order valence-corrected chi connectivity index (χ3v) is 7.26. The van der Waals surface area contributed by atoms with Crippen molar-refractivity contribution < 1.29 is 47.7 Å². The van der Waals surface area contributed by atoms with Gasteiger partial charge in [-0.3, -0.25) is 24.1 Å². The molecule has 0 aliphatic carbocycles. The van der Waals surface area contributed by atoms with Crippen LogP contribution >= 0.6 is 11.8 Å². The molecule has 3 heterocycles. The standard InChI is InChI=1S/C24H27N3O10S/c1-3-18(29)36-11-37-24(32)20-14(8-33-12(2)28)9-38-23-19(22(31)27(20)23)26-21(30)15(25)6-13-4-5-16-17(7-13)35-10-34-16/h4-5,7,15,19,23H,3,6,8-11,25H2,1-2H3,(H,26,30)/t15?,19-,23-/m1/s1. The molecule has 3 aliphatic rings. The predicted molar refractivity (Wildman–Crippen MR) is 130 cm³/mol. The van der Waals surface area contributed by atoms with Crippen molar-refractivity contribution in [2.75, 3.05) is 25.9 Å². The Morgan fingerprint density at radius 1 is 1.18 bits per heavy atom. The van der Waals surface area contributed by atoms with Crippen LogP contribution in [0.15, 0.2) is 29.5 Å². The quantitative estimate of drug-likeness (QED) is 0.227. The van der Waals surface area contributed by atoms with Gasteiger partial charge in [0.05, 0.1) is 6.04 Å². The van der Waals surface area contributed by atoms with Crippen LogP contribution in [0.2, 0.25) is 0 Å². The van der Waals surface area contributed by atoms with Crippen molar-refractivity contribution in [3.63, 3.8) is 0 Å². The Labute approximate surface area is 221 Å². The van der Waals surface area contributed by atoms with Crippen LogP contribution in [-0.4, -0.2) is 78.0 Å². The normalized spacial score (nSPS) is 20.2. The second-order valence-electron chi connectivity index (χ2n) is 8.55. The van der Waals surface area contributed by atoms with Crippen LogP contribution in [0, 0.1) is 0 Å². The van der Waals surface area contributed by atoms with Crippen LogP contribution in [0.1, 0.15) is 25.8 Å². The summed E-state index contributed by atoms with van der Waals surface area (Å²) in [6, 6.07) is 3.38. The summed E-state index contributed by atoms with van der Waals surface area (Å²) in [5, 5.41) is 2.06. The Morgan fingerprint density at radius 2 is 1.95 bits per heavy atom. The van der Waals surface area contributed by atoms with Gasteiger partial charge in [-0.05, 0) is 24.1 Å². The number of nitrogens with two attached hydrogens (primary N) is 1. The molecule has 0 radical (unpaired) electrons. The smallest absolute Gasteiger partial charge is 0.358 e. The summed E-state index contributed by atoms with van der Waals surface area (Å²) in [5.74, 6) is -1.72. The number of esters is 3. The molecule has 2 amide bonds. The van der Waals surface area contributed by atoms with Crippen LogP contribution < -0.4 is 20.5 Å². The third-order valence-electron chi connectivity index (χ3n) is 5.92. The summed E-state index contributed by atoms with van der Waals surface area (Å²) >= 11 is 1.29. The Balaban J connectivity index is 1.41. The van der Waals surface area contributed by atoms with E-state index in [1.807, 2.05) is 0 Å². The number of hydrogen-bond acceptors (Lipinski definition) is 12. The largest absolute Gasteiger partial charge is 0.461 e. The highest BCUT2D eigenvalue weighted by Crippen LogP contribution is 2.41. The van der Waals surface area contributed by atoms with Crippen molar-refractivity contribution >= 4 is 41.5 Å². The number of carbonyl (C=O) groups is 5. The summed E-state index contributed by atoms with van der Waals surface area (Å²) < 4.78 is 25.5. The minimum Gasteiger partial charge on any atom is -0.461 e. The number of benzene rings is 1. The number of nitrogens with one attached hydrogen (secondary N) is 1. The van der Waals surface area contributed by atoms with Gasteiger partial charge in [-0.25, -0.2) is 4.79 Å². The van der Waals surface area contributed by atoms with E-state index in [9.17, 15) is 24.0 Å². The lowest BCUT2D eigenvalue weighted by Crippen LogP contribution is -2.71. The third kappa shape index (κ3) is 5.86. The Hall–Kier alpha value is -3.78. The first-order chi connectivity index (χ1) is 18.2. The van der Waals surface area contributed by atoms with Gasteiger partial charge < -0.3 is 34.7 Å². The Kier molecular flexibility index (Phi) is 8.42. The molecule has 0 bridgehead atoms. The van der Waals surface area contributed by atoms with E-state index in [0.29, 0.717) is 17.1 Å². The number of β-lactam (4-membered cyclic amide) rings is 1. The maximum absolute atomic E-state index is 13.1. The number of carbonyl (C=O) groups excluding carboxylic acids is 5. The molecule has 0 saturated carbocycles. The molecule has 1 saturated heterocycles. The van der Waals surface area contributed by atoms with Gasteiger partial charge in [0.1, 0.15) is 23.7 Å². The van der Waals surface area contributed by atoms with E-state index in [1.165, 1.54) is 23.6 Å². The fourth-order valence-electron chi connectivity index (χ4n) is 3.97. The fourth-order valence-corrected chi connectivity index (χ4v) is 5.29. The SMILES string of the molecule is CCC(=O)OCOC(=O)C1=C(COC(C)=O)CS[C@@H]2[C@H](NC(=O)C(N)Cc3ccc4c(c3)OCO4)C(=O)N12. The van der Waals surface area contributed by atoms with Crippen molar-refractivity contribution in [3.05, 3.63) is 35.0 Å². The molecule has 38 heavy (non-hydrogen) atoms. The number of fused-ring (bicyclic) bond motifs is 2. The van der Waals surface area contributed by atoms with Gasteiger partial charge in [0, 0.05) is 24.7 Å². The summed E-state index contributed by atoms with van der Waals surface area (Å²) in [6.45, 7) is 2.07. The van der Waals surface area contributed by atoms with Crippen LogP contribution in [0.4, 0.5) is 0 Å². The van der Waals surface area contributed by atoms with Gasteiger partial charge in [-0.1, -0.05) is 13.0 Å². The molecule has 13 nitrogen and oxygen atoms in total. The molecule has 1 aromatic rings. The van der Waals surface area contributed by atoms with E-state index in [4.69, 9.17) is 29.4 Å². The summed E-state index contributed by atoms with van der Waals surface area (Å²) in [5.41, 5.74) is 7.11. The van der Waals surface area contributed by atoms with E-state index in [1.54, 1.807) is 25.1 Å². The molecule has 4 rings (SSSR count). The lowest BCUT2D eigenvalue weighted by atomic mass is 10.0. The van der Waals surface area contributed by atoms with Crippen molar-refractivity contribution in [1.29, 1.82) is 0 Å². The van der Waals surface area contributed by atoms with E-state index in [2.05, 4.69) is 5.32 Å². The number of thioether (sulfide) groups is 1. The van der Waals surface area contributed by atoms with Gasteiger partial charge in [0.2, 0.25) is 19.5 Å². The lowest BCUT2D eigenvalue weighted by molar-refractivity contribution is -0.168. The van der Waals surface area contributed by atoms with Crippen LogP contribution in [0.25, 0.3) is 0 Å². The zero-order chi connectivity index (χ0) is 27.4. The lowest BCUT2D eigenvalue weighted by Gasteiger charge is -2.49. The van der Waals surface area contributed by atoms with Gasteiger partial charge in [0.25, 0.3) is 5.91 Å². The van der Waals surface area contributed by atoms with E-state index in [0.717, 1.165) is 5.56 Å². The van der Waals surface area contributed by atoms with Crippen LogP contribution in [0.3, 0.4) is 0 Å². The molecular formula is C24H27N3O10S. The van der Waals surface area contributed by atoms with Crippen molar-refractivity contribution in [2.24, 2.45) is 5.73 Å². The Bertz CT molecular complexity index is 1190. The second-order valence-corrected chi connectivity index (χ2v) is 9.65. The zero-order valence-corrected chi connectivity index (χ0v) is 21.5. The molecule has 1 fully saturated rings. The maximum Gasteiger partial charge on any atom is 0.358 e. The molecule has 1 aromatic carbocycles. The molecule has 1 unspecified atom stereocenters. The summed E-state index contributed by atoms with van der Waals surface area (Å²) in [6.07, 6.45) is 0.296. The molecule has 204 valence electrons. The minimum atomic E-state index is -0.946. The number of ether oxygens (including phenoxy) is 5. The minimum absolute atomic E-state index is 0.0967. The predicted octanol–water partition coefficient (Wildman–Crippen LogP) is -0.0439. The summed E-state index contributed by atoms with van der Waals surface area (Å²) in [7, 11) is 0. The highest BCUT2D eigenvalue weighted by molar-refractivity contribution is 8.00. The van der Waals surface area contributed by atoms with Crippen LogP contribution in [-0.2, 0) is 44.6 Å². The highest BCUT2D eigenvalue weighted by atomic mass is 32.2. The second kappa shape index (κ2) is 11.7. The topological polar surface area (TPSA) is 173 Å². The number of hydrogen-bond donors (Lipinski definition) is 2. The van der Waals surface area contributed by atoms with Crippen molar-refractivity contribution in [1.82, 2.24) is 10.2 Å². The first kappa shape index (κ1) is 27.3. The molecule has 0 aromatic heterocycles. The van der Waals surface area contributed by atoms with Gasteiger partial charge in [-0.2, -0.15) is 0 Å². The highest BCUT2D eigenvalue weighted by Gasteiger charge is 2.54. The molecule has 3 aliphatic heterocycles. The maximum atomic E-state index is 13.1. The average molecular weight is 550 g/mol. The zero-order valence-electron chi connectivity index (χ0n) is 20.7. The van der Waals surface area contributed by atoms with Gasteiger partial charge in [0.15, 0.2) is 11.5 Å². The van der Waals surface area contributed by atoms with E-state index < -0.39 is 54.0 Å². The fraction of sp³-hybridized carbons (Fsp3) is 0.458. The van der Waals surface area contributed by atoms with Gasteiger partial charge in [-0.15, -0.1) is 11.8 Å². The number of nitrogens with zero attached hydrogens (tertiary/aromatic N) is 1. The first-order valence-corrected chi connectivity index (χ1v) is 12.8. The molecule has 14 heteroatoms. The van der Waals surface area contributed by atoms with Crippen LogP contribution in [0.5, 0.6) is 11.5 Å². The molecular weight excluding hydrogens is 522 g/mol. The average Bonchev–Trinajstić information content (AvgIpc) is 3.37. The van der Waals surface area contributed by atoms with Crippen molar-refractivity contribution in [2.45, 2.75) is 44.1 Å². The monoisotopic (exact) mass is 549 g/mol. The summed E-state index contributed by atoms with van der Waals surface area (Å²) in [4.78, 5) is 62.6. The Morgan fingerprint density at radius 3 is 2.68 bits per heavy atom. The van der Waals surface area contributed by atoms with E-state index >= 15 is 0 Å². The molecule has 3 N–H and O–H groups in total. The van der Waals surface area contributed by atoms with E-state index in [-0.39, 0.29) is 37.7 Å². The molecule has 3 atom stereocenters. The molecule has 0 spiro atoms.